The van der Waals surface area contributed by atoms with Crippen molar-refractivity contribution < 1.29 is 20.1 Å². The largest absolute Gasteiger partial charge is 0.394 e. The van der Waals surface area contributed by atoms with E-state index in [-0.39, 0.29) is 19.8 Å². The summed E-state index contributed by atoms with van der Waals surface area (Å²) in [6, 6.07) is -0.725. The molecule has 0 saturated heterocycles. The van der Waals surface area contributed by atoms with Crippen LogP contribution >= 0.6 is 0 Å². The van der Waals surface area contributed by atoms with Crippen LogP contribution in [0.4, 0.5) is 0 Å². The summed E-state index contributed by atoms with van der Waals surface area (Å²) >= 11 is 0. The second-order valence-corrected chi connectivity index (χ2v) is 2.11. The SMILES string of the molecule is O=C=NC(C=C(CO)CO)CO. The Kier molecular flexibility index (Phi) is 6.14. The van der Waals surface area contributed by atoms with E-state index >= 15 is 0 Å². The molecule has 1 unspecified atom stereocenters. The molecule has 1 atom stereocenters. The van der Waals surface area contributed by atoms with Crippen LogP contribution in [0.5, 0.6) is 0 Å². The van der Waals surface area contributed by atoms with Gasteiger partial charge in [-0.2, -0.15) is 4.99 Å². The van der Waals surface area contributed by atoms with Crippen molar-refractivity contribution in [3.8, 4) is 0 Å². The quantitative estimate of drug-likeness (QED) is 0.271. The van der Waals surface area contributed by atoms with Gasteiger partial charge in [-0.15, -0.1) is 0 Å². The van der Waals surface area contributed by atoms with Gasteiger partial charge in [-0.05, 0) is 5.57 Å². The Balaban J connectivity index is 4.31. The molecule has 0 amide bonds. The predicted octanol–water partition coefficient (Wildman–Crippen LogP) is -1.41. The van der Waals surface area contributed by atoms with Gasteiger partial charge in [-0.25, -0.2) is 4.79 Å². The zero-order valence-corrected chi connectivity index (χ0v) is 6.47. The number of aliphatic imine (C=N–C) groups is 1. The van der Waals surface area contributed by atoms with Gasteiger partial charge < -0.3 is 15.3 Å². The number of aliphatic hydroxyl groups is 3. The number of aliphatic hydroxyl groups excluding tert-OH is 3. The number of isocyanates is 1. The molecular formula is C7H11NO4. The van der Waals surface area contributed by atoms with Crippen LogP contribution in [0.1, 0.15) is 0 Å². The van der Waals surface area contributed by atoms with Crippen LogP contribution in [-0.4, -0.2) is 47.3 Å². The van der Waals surface area contributed by atoms with Gasteiger partial charge in [-0.3, -0.25) is 0 Å². The molecule has 0 radical (unpaired) electrons. The van der Waals surface area contributed by atoms with Gasteiger partial charge in [0.05, 0.1) is 19.8 Å². The van der Waals surface area contributed by atoms with Crippen LogP contribution in [0, 0.1) is 0 Å². The minimum absolute atomic E-state index is 0.313. The fraction of sp³-hybridized carbons (Fsp3) is 0.571. The summed E-state index contributed by atoms with van der Waals surface area (Å²) in [7, 11) is 0. The lowest BCUT2D eigenvalue weighted by Crippen LogP contribution is -2.09. The third kappa shape index (κ3) is 4.00. The molecule has 0 aromatic carbocycles. The monoisotopic (exact) mass is 173 g/mol. The molecule has 0 aromatic heterocycles. The van der Waals surface area contributed by atoms with Crippen LogP contribution in [-0.2, 0) is 4.79 Å². The van der Waals surface area contributed by atoms with Crippen LogP contribution < -0.4 is 0 Å². The van der Waals surface area contributed by atoms with Crippen molar-refractivity contribution in [2.75, 3.05) is 19.8 Å². The molecule has 12 heavy (non-hydrogen) atoms. The first kappa shape index (κ1) is 11.0. The molecule has 0 bridgehead atoms. The van der Waals surface area contributed by atoms with Gasteiger partial charge in [0.15, 0.2) is 0 Å². The van der Waals surface area contributed by atoms with Crippen molar-refractivity contribution in [2.24, 2.45) is 4.99 Å². The van der Waals surface area contributed by atoms with Crippen molar-refractivity contribution >= 4 is 6.08 Å². The highest BCUT2D eigenvalue weighted by atomic mass is 16.3. The van der Waals surface area contributed by atoms with Crippen LogP contribution in [0.25, 0.3) is 0 Å². The molecule has 0 saturated carbocycles. The minimum atomic E-state index is -0.725. The summed E-state index contributed by atoms with van der Waals surface area (Å²) in [5.74, 6) is 0. The molecule has 0 aliphatic rings. The Hall–Kier alpha value is -1.00. The molecule has 0 rings (SSSR count). The van der Waals surface area contributed by atoms with E-state index in [2.05, 4.69) is 4.99 Å². The van der Waals surface area contributed by atoms with E-state index < -0.39 is 6.04 Å². The van der Waals surface area contributed by atoms with E-state index in [0.717, 1.165) is 0 Å². The van der Waals surface area contributed by atoms with Gasteiger partial charge in [0.25, 0.3) is 0 Å². The summed E-state index contributed by atoms with van der Waals surface area (Å²) in [4.78, 5) is 13.0. The molecule has 0 aromatic rings. The van der Waals surface area contributed by atoms with E-state index in [0.29, 0.717) is 5.57 Å². The summed E-state index contributed by atoms with van der Waals surface area (Å²) in [6.45, 7) is -0.985. The van der Waals surface area contributed by atoms with Gasteiger partial charge in [0.1, 0.15) is 6.04 Å². The first-order valence-electron chi connectivity index (χ1n) is 3.37. The fourth-order valence-corrected chi connectivity index (χ4v) is 0.626. The average Bonchev–Trinajstić information content (AvgIpc) is 2.12. The molecule has 68 valence electrons. The Morgan fingerprint density at radius 3 is 2.33 bits per heavy atom. The summed E-state index contributed by atoms with van der Waals surface area (Å²) < 4.78 is 0. The zero-order valence-electron chi connectivity index (χ0n) is 6.47. The first-order valence-corrected chi connectivity index (χ1v) is 3.37. The van der Waals surface area contributed by atoms with E-state index in [9.17, 15) is 4.79 Å². The van der Waals surface area contributed by atoms with Crippen LogP contribution in [0.2, 0.25) is 0 Å². The maximum Gasteiger partial charge on any atom is 0.235 e. The normalized spacial score (nSPS) is 11.6. The Bertz CT molecular complexity index is 190. The summed E-state index contributed by atoms with van der Waals surface area (Å²) in [6.07, 6.45) is 2.60. The zero-order chi connectivity index (χ0) is 9.40. The van der Waals surface area contributed by atoms with Crippen LogP contribution in [0.3, 0.4) is 0 Å². The van der Waals surface area contributed by atoms with Crippen molar-refractivity contribution in [3.05, 3.63) is 11.6 Å². The maximum absolute atomic E-state index is 9.78. The minimum Gasteiger partial charge on any atom is -0.394 e. The topological polar surface area (TPSA) is 90.1 Å². The predicted molar refractivity (Wildman–Crippen MR) is 41.2 cm³/mol. The molecule has 0 aliphatic heterocycles. The van der Waals surface area contributed by atoms with Crippen molar-refractivity contribution in [2.45, 2.75) is 6.04 Å². The molecule has 0 heterocycles. The van der Waals surface area contributed by atoms with E-state index in [4.69, 9.17) is 15.3 Å². The number of rotatable bonds is 5. The van der Waals surface area contributed by atoms with E-state index in [1.54, 1.807) is 0 Å². The lowest BCUT2D eigenvalue weighted by atomic mass is 10.2. The highest BCUT2D eigenvalue weighted by Crippen LogP contribution is 1.98. The van der Waals surface area contributed by atoms with Gasteiger partial charge in [-0.1, -0.05) is 6.08 Å². The second-order valence-electron chi connectivity index (χ2n) is 2.11. The highest BCUT2D eigenvalue weighted by molar-refractivity contribution is 5.34. The number of hydrogen-bond donors (Lipinski definition) is 3. The van der Waals surface area contributed by atoms with Gasteiger partial charge >= 0.3 is 0 Å². The average molecular weight is 173 g/mol. The van der Waals surface area contributed by atoms with Crippen molar-refractivity contribution in [1.82, 2.24) is 0 Å². The lowest BCUT2D eigenvalue weighted by Gasteiger charge is -2.03. The van der Waals surface area contributed by atoms with E-state index in [1.165, 1.54) is 12.2 Å². The molecule has 0 aliphatic carbocycles. The fourth-order valence-electron chi connectivity index (χ4n) is 0.626. The third-order valence-electron chi connectivity index (χ3n) is 1.24. The van der Waals surface area contributed by atoms with Crippen molar-refractivity contribution in [3.63, 3.8) is 0 Å². The Morgan fingerprint density at radius 2 is 2.00 bits per heavy atom. The van der Waals surface area contributed by atoms with Crippen molar-refractivity contribution in [1.29, 1.82) is 0 Å². The number of nitrogens with zero attached hydrogens (tertiary/aromatic N) is 1. The van der Waals surface area contributed by atoms with Gasteiger partial charge in [0, 0.05) is 0 Å². The lowest BCUT2D eigenvalue weighted by molar-refractivity contribution is 0.267. The number of carbonyl (C=O) groups excluding carboxylic acids is 1. The third-order valence-corrected chi connectivity index (χ3v) is 1.24. The van der Waals surface area contributed by atoms with Gasteiger partial charge in [0.2, 0.25) is 6.08 Å². The Labute approximate surface area is 69.7 Å². The van der Waals surface area contributed by atoms with Crippen LogP contribution in [0.15, 0.2) is 16.6 Å². The molecule has 5 heteroatoms. The second kappa shape index (κ2) is 6.69. The smallest absolute Gasteiger partial charge is 0.235 e. The molecule has 0 fully saturated rings. The highest BCUT2D eigenvalue weighted by Gasteiger charge is 2.02. The summed E-state index contributed by atoms with van der Waals surface area (Å²) in [5, 5.41) is 25.8. The Morgan fingerprint density at radius 1 is 1.42 bits per heavy atom. The number of hydrogen-bond acceptors (Lipinski definition) is 5. The van der Waals surface area contributed by atoms with E-state index in [1.807, 2.05) is 0 Å². The molecule has 5 nitrogen and oxygen atoms in total. The summed E-state index contributed by atoms with van der Waals surface area (Å²) in [5.41, 5.74) is 0.313. The molecule has 0 spiro atoms. The maximum atomic E-state index is 9.78. The first-order chi connectivity index (χ1) is 5.78. The molecular weight excluding hydrogens is 162 g/mol. The standard InChI is InChI=1S/C7H11NO4/c9-2-6(3-10)1-7(4-11)8-5-12/h1,7,9-11H,2-4H2. The molecule has 3 N–H and O–H groups in total.